The van der Waals surface area contributed by atoms with Crippen LogP contribution < -0.4 is 5.26 Å². The van der Waals surface area contributed by atoms with Crippen LogP contribution in [0.3, 0.4) is 0 Å². The smallest absolute Gasteiger partial charge is 0.124 e. The Morgan fingerprint density at radius 2 is 2.25 bits per heavy atom. The highest BCUT2D eigenvalue weighted by atomic mass is 32.2. The topological polar surface area (TPSA) is 41.5 Å². The molecule has 0 fully saturated rings. The van der Waals surface area contributed by atoms with E-state index in [-0.39, 0.29) is 5.82 Å². The average Bonchev–Trinajstić information content (AvgIpc) is 2.07. The number of benzene rings is 1. The second kappa shape index (κ2) is 4.42. The number of rotatable bonds is 3. The maximum atomic E-state index is 12.6. The van der Waals surface area contributed by atoms with Crippen molar-refractivity contribution in [2.45, 2.75) is 11.8 Å². The van der Waals surface area contributed by atoms with E-state index in [0.717, 1.165) is 5.56 Å². The zero-order valence-electron chi connectivity index (χ0n) is 6.24. The lowest BCUT2D eigenvalue weighted by molar-refractivity contribution is -0.777. The standard InChI is InChI=1S/C7H7FO3S/c1-5-2-3-6(8)4-7(5)12-11-10-9/h2-4,9H,1H3/p-1. The molecule has 0 N–H and O–H groups in total. The van der Waals surface area contributed by atoms with E-state index < -0.39 is 0 Å². The number of hydrogen-bond acceptors (Lipinski definition) is 4. The van der Waals surface area contributed by atoms with Crippen molar-refractivity contribution in [2.24, 2.45) is 0 Å². The molecule has 0 heterocycles. The number of hydrogen-bond donors (Lipinski definition) is 0. The molecule has 0 amide bonds. The van der Waals surface area contributed by atoms with E-state index >= 15 is 0 Å². The van der Waals surface area contributed by atoms with E-state index in [1.807, 2.05) is 0 Å². The normalized spacial score (nSPS) is 10.2. The summed E-state index contributed by atoms with van der Waals surface area (Å²) in [5.74, 6) is -0.377. The average molecular weight is 189 g/mol. The molecule has 0 aromatic heterocycles. The van der Waals surface area contributed by atoms with Crippen molar-refractivity contribution in [3.63, 3.8) is 0 Å². The SMILES string of the molecule is Cc1ccc(F)cc1SOO[O-]. The van der Waals surface area contributed by atoms with Gasteiger partial charge in [0.15, 0.2) is 0 Å². The van der Waals surface area contributed by atoms with Crippen LogP contribution in [0.1, 0.15) is 5.56 Å². The molecule has 0 unspecified atom stereocenters. The molecular weight excluding hydrogens is 183 g/mol. The monoisotopic (exact) mass is 189 g/mol. The molecule has 0 aliphatic rings. The Morgan fingerprint density at radius 1 is 1.50 bits per heavy atom. The summed E-state index contributed by atoms with van der Waals surface area (Å²) < 4.78 is 16.6. The van der Waals surface area contributed by atoms with Crippen LogP contribution in [-0.4, -0.2) is 0 Å². The van der Waals surface area contributed by atoms with Gasteiger partial charge in [-0.25, -0.2) is 4.39 Å². The number of halogens is 1. The van der Waals surface area contributed by atoms with Crippen LogP contribution in [0.2, 0.25) is 0 Å². The van der Waals surface area contributed by atoms with Crippen LogP contribution in [0.15, 0.2) is 23.1 Å². The molecule has 0 aliphatic carbocycles. The van der Waals surface area contributed by atoms with E-state index in [4.69, 9.17) is 0 Å². The molecule has 0 radical (unpaired) electrons. The molecule has 0 saturated carbocycles. The van der Waals surface area contributed by atoms with Gasteiger partial charge in [-0.2, -0.15) is 4.33 Å². The van der Waals surface area contributed by atoms with Crippen LogP contribution in [0.4, 0.5) is 4.39 Å². The maximum Gasteiger partial charge on any atom is 0.124 e. The second-order valence-electron chi connectivity index (χ2n) is 2.13. The Balaban J connectivity index is 2.75. The van der Waals surface area contributed by atoms with Gasteiger partial charge < -0.3 is 5.26 Å². The van der Waals surface area contributed by atoms with E-state index in [9.17, 15) is 9.65 Å². The molecule has 1 rings (SSSR count). The molecule has 3 nitrogen and oxygen atoms in total. The van der Waals surface area contributed by atoms with Gasteiger partial charge in [-0.1, -0.05) is 6.07 Å². The van der Waals surface area contributed by atoms with Crippen LogP contribution >= 0.6 is 12.0 Å². The summed E-state index contributed by atoms with van der Waals surface area (Å²) >= 11 is 0.686. The second-order valence-corrected chi connectivity index (χ2v) is 2.87. The van der Waals surface area contributed by atoms with E-state index in [1.165, 1.54) is 12.1 Å². The van der Waals surface area contributed by atoms with Crippen LogP contribution in [0, 0.1) is 12.7 Å². The molecule has 66 valence electrons. The molecule has 1 aromatic carbocycles. The highest BCUT2D eigenvalue weighted by Crippen LogP contribution is 2.23. The third kappa shape index (κ3) is 2.46. The van der Waals surface area contributed by atoms with Gasteiger partial charge in [-0.3, -0.25) is 5.04 Å². The fourth-order valence-corrected chi connectivity index (χ4v) is 1.18. The van der Waals surface area contributed by atoms with Crippen molar-refractivity contribution < 1.29 is 19.0 Å². The molecular formula is C7H6FO3S-. The van der Waals surface area contributed by atoms with Crippen LogP contribution in [0.5, 0.6) is 0 Å². The van der Waals surface area contributed by atoms with Crippen LogP contribution in [0.25, 0.3) is 0 Å². The van der Waals surface area contributed by atoms with E-state index in [2.05, 4.69) is 9.37 Å². The minimum absolute atomic E-state index is 0.377. The summed E-state index contributed by atoms with van der Waals surface area (Å²) in [6.07, 6.45) is 0. The maximum absolute atomic E-state index is 12.6. The zero-order valence-corrected chi connectivity index (χ0v) is 7.06. The van der Waals surface area contributed by atoms with Gasteiger partial charge in [0, 0.05) is 4.90 Å². The van der Waals surface area contributed by atoms with Crippen molar-refractivity contribution in [1.29, 1.82) is 0 Å². The number of aryl methyl sites for hydroxylation is 1. The fraction of sp³-hybridized carbons (Fsp3) is 0.143. The van der Waals surface area contributed by atoms with Crippen molar-refractivity contribution in [3.8, 4) is 0 Å². The van der Waals surface area contributed by atoms with Crippen molar-refractivity contribution in [3.05, 3.63) is 29.6 Å². The lowest BCUT2D eigenvalue weighted by Gasteiger charge is -2.05. The highest BCUT2D eigenvalue weighted by molar-refractivity contribution is 7.94. The van der Waals surface area contributed by atoms with E-state index in [1.54, 1.807) is 13.0 Å². The van der Waals surface area contributed by atoms with Gasteiger partial charge in [-0.05, 0) is 24.6 Å². The molecule has 0 bridgehead atoms. The molecule has 5 heteroatoms. The first kappa shape index (κ1) is 9.47. The minimum atomic E-state index is -0.377. The Labute approximate surface area is 73.2 Å². The lowest BCUT2D eigenvalue weighted by Crippen LogP contribution is -2.01. The first-order valence-corrected chi connectivity index (χ1v) is 3.87. The van der Waals surface area contributed by atoms with Crippen molar-refractivity contribution >= 4 is 12.0 Å². The van der Waals surface area contributed by atoms with Crippen LogP contribution in [-0.2, 0) is 9.37 Å². The lowest BCUT2D eigenvalue weighted by atomic mass is 10.2. The highest BCUT2D eigenvalue weighted by Gasteiger charge is 2.01. The zero-order chi connectivity index (χ0) is 8.97. The quantitative estimate of drug-likeness (QED) is 0.409. The summed E-state index contributed by atoms with van der Waals surface area (Å²) in [5.41, 5.74) is 0.818. The Morgan fingerprint density at radius 3 is 2.92 bits per heavy atom. The Hall–Kier alpha value is -0.620. The van der Waals surface area contributed by atoms with Gasteiger partial charge in [0.25, 0.3) is 0 Å². The van der Waals surface area contributed by atoms with Gasteiger partial charge >= 0.3 is 0 Å². The predicted octanol–water partition coefficient (Wildman–Crippen LogP) is 1.36. The first-order valence-electron chi connectivity index (χ1n) is 3.13. The molecule has 1 aromatic rings. The van der Waals surface area contributed by atoms with Crippen molar-refractivity contribution in [1.82, 2.24) is 0 Å². The van der Waals surface area contributed by atoms with Gasteiger partial charge in [0.05, 0.1) is 12.0 Å². The summed E-state index contributed by atoms with van der Waals surface area (Å²) in [6.45, 7) is 1.77. The largest absolute Gasteiger partial charge is 0.691 e. The minimum Gasteiger partial charge on any atom is -0.691 e. The Bertz CT molecular complexity index is 267. The third-order valence-electron chi connectivity index (χ3n) is 1.30. The summed E-state index contributed by atoms with van der Waals surface area (Å²) in [7, 11) is 0. The predicted molar refractivity (Wildman–Crippen MR) is 39.2 cm³/mol. The van der Waals surface area contributed by atoms with Gasteiger partial charge in [-0.15, -0.1) is 0 Å². The summed E-state index contributed by atoms with van der Waals surface area (Å²) in [5, 5.41) is 12.6. The van der Waals surface area contributed by atoms with Gasteiger partial charge in [0.2, 0.25) is 0 Å². The van der Waals surface area contributed by atoms with E-state index in [0.29, 0.717) is 16.9 Å². The Kier molecular flexibility index (Phi) is 3.48. The summed E-state index contributed by atoms with van der Waals surface area (Å²) in [4.78, 5) is 0.519. The first-order chi connectivity index (χ1) is 5.74. The molecule has 0 saturated heterocycles. The molecule has 0 spiro atoms. The summed E-state index contributed by atoms with van der Waals surface area (Å²) in [6, 6.07) is 4.18. The fourth-order valence-electron chi connectivity index (χ4n) is 0.714. The van der Waals surface area contributed by atoms with Gasteiger partial charge in [0.1, 0.15) is 5.82 Å². The van der Waals surface area contributed by atoms with Crippen molar-refractivity contribution in [2.75, 3.05) is 0 Å². The molecule has 12 heavy (non-hydrogen) atoms. The molecule has 0 atom stereocenters. The molecule has 0 aliphatic heterocycles. The third-order valence-corrected chi connectivity index (χ3v) is 2.04.